The predicted octanol–water partition coefficient (Wildman–Crippen LogP) is 3.05. The van der Waals surface area contributed by atoms with Crippen molar-refractivity contribution >= 4 is 29.3 Å². The molecule has 7 heteroatoms. The quantitative estimate of drug-likeness (QED) is 0.651. The van der Waals surface area contributed by atoms with Gasteiger partial charge in [0.15, 0.2) is 0 Å². The smallest absolute Gasteiger partial charge is 0.262 e. The summed E-state index contributed by atoms with van der Waals surface area (Å²) >= 11 is 1.13. The van der Waals surface area contributed by atoms with Crippen LogP contribution in [0.25, 0.3) is 0 Å². The van der Waals surface area contributed by atoms with Crippen molar-refractivity contribution in [2.24, 2.45) is 5.73 Å². The Hall–Kier alpha value is -3.11. The number of nitriles is 1. The molecular weight excluding hydrogens is 365 g/mol. The van der Waals surface area contributed by atoms with E-state index < -0.39 is 17.0 Å². The van der Waals surface area contributed by atoms with Gasteiger partial charge in [0.25, 0.3) is 5.91 Å². The molecule has 2 N–H and O–H groups in total. The minimum atomic E-state index is -0.906. The van der Waals surface area contributed by atoms with Crippen LogP contribution in [0.5, 0.6) is 0 Å². The molecule has 0 bridgehead atoms. The molecule has 1 atom stereocenters. The molecule has 136 valence electrons. The van der Waals surface area contributed by atoms with Crippen molar-refractivity contribution in [3.63, 3.8) is 0 Å². The number of halogens is 1. The third-order valence-corrected chi connectivity index (χ3v) is 5.38. The first-order valence-electron chi connectivity index (χ1n) is 8.16. The van der Waals surface area contributed by atoms with Gasteiger partial charge < -0.3 is 5.73 Å². The zero-order valence-electron chi connectivity index (χ0n) is 14.5. The molecule has 27 heavy (non-hydrogen) atoms. The molecule has 5 nitrogen and oxygen atoms in total. The van der Waals surface area contributed by atoms with Gasteiger partial charge in [0, 0.05) is 5.69 Å². The summed E-state index contributed by atoms with van der Waals surface area (Å²) < 4.78 is 13.3. The van der Waals surface area contributed by atoms with E-state index in [-0.39, 0.29) is 16.5 Å². The predicted molar refractivity (Wildman–Crippen MR) is 102 cm³/mol. The van der Waals surface area contributed by atoms with Crippen molar-refractivity contribution in [2.75, 3.05) is 4.90 Å². The number of amides is 2. The Morgan fingerprint density at radius 2 is 2.00 bits per heavy atom. The van der Waals surface area contributed by atoms with Crippen LogP contribution < -0.4 is 10.6 Å². The number of rotatable bonds is 4. The average Bonchev–Trinajstić information content (AvgIpc) is 2.92. The maximum absolute atomic E-state index is 13.3. The lowest BCUT2D eigenvalue weighted by molar-refractivity contribution is -0.117. The summed E-state index contributed by atoms with van der Waals surface area (Å²) in [7, 11) is 0. The number of primary amides is 1. The summed E-state index contributed by atoms with van der Waals surface area (Å²) in [5.41, 5.74) is 7.46. The van der Waals surface area contributed by atoms with Crippen molar-refractivity contribution in [3.05, 3.63) is 76.1 Å². The van der Waals surface area contributed by atoms with E-state index in [4.69, 9.17) is 5.73 Å². The third-order valence-electron chi connectivity index (χ3n) is 4.11. The molecule has 1 heterocycles. The van der Waals surface area contributed by atoms with Gasteiger partial charge in [0.2, 0.25) is 5.91 Å². The molecule has 0 aliphatic carbocycles. The molecule has 2 aromatic rings. The Morgan fingerprint density at radius 3 is 2.59 bits per heavy atom. The first kappa shape index (κ1) is 18.7. The van der Waals surface area contributed by atoms with E-state index in [1.807, 2.05) is 31.2 Å². The second-order valence-electron chi connectivity index (χ2n) is 6.11. The fourth-order valence-corrected chi connectivity index (χ4v) is 4.19. The monoisotopic (exact) mass is 381 g/mol. The molecule has 0 spiro atoms. The number of nitrogens with two attached hydrogens (primary N) is 1. The number of aryl methyl sites for hydroxylation is 1. The highest BCUT2D eigenvalue weighted by Gasteiger charge is 2.40. The lowest BCUT2D eigenvalue weighted by atomic mass is 10.1. The number of thioether (sulfide) groups is 1. The molecule has 1 aliphatic rings. The normalized spacial score (nSPS) is 18.3. The van der Waals surface area contributed by atoms with E-state index in [9.17, 15) is 19.2 Å². The zero-order valence-corrected chi connectivity index (χ0v) is 15.3. The molecule has 1 saturated heterocycles. The van der Waals surface area contributed by atoms with Gasteiger partial charge in [-0.25, -0.2) is 4.39 Å². The van der Waals surface area contributed by atoms with E-state index in [0.29, 0.717) is 12.1 Å². The van der Waals surface area contributed by atoms with Gasteiger partial charge in [0.1, 0.15) is 22.5 Å². The number of benzene rings is 2. The highest BCUT2D eigenvalue weighted by molar-refractivity contribution is 8.05. The second-order valence-corrected chi connectivity index (χ2v) is 7.30. The second kappa shape index (κ2) is 7.64. The van der Waals surface area contributed by atoms with Crippen LogP contribution in [0.3, 0.4) is 0 Å². The third kappa shape index (κ3) is 3.86. The number of nitrogens with zero attached hydrogens (tertiary/aromatic N) is 2. The molecule has 2 amide bonds. The average molecular weight is 381 g/mol. The van der Waals surface area contributed by atoms with Crippen LogP contribution >= 0.6 is 11.8 Å². The van der Waals surface area contributed by atoms with Crippen LogP contribution in [0.2, 0.25) is 0 Å². The Bertz CT molecular complexity index is 979. The standard InChI is InChI=1S/C20H16FN3O2S/c1-12-3-2-4-13(9-12)10-17-19(26)24(15-7-5-14(21)6-8-15)20(27-17)16(11-22)18(23)25/h2-9,17H,10H2,1H3,(H2,23,25)/b20-16+/t17-/m1/s1. The van der Waals surface area contributed by atoms with Gasteiger partial charge in [0.05, 0.1) is 5.25 Å². The number of hydrogen-bond donors (Lipinski definition) is 1. The molecular formula is C20H16FN3O2S. The molecule has 3 rings (SSSR count). The van der Waals surface area contributed by atoms with Crippen LogP contribution in [0, 0.1) is 24.1 Å². The molecule has 0 unspecified atom stereocenters. The fourth-order valence-electron chi connectivity index (χ4n) is 2.88. The van der Waals surface area contributed by atoms with Crippen LogP contribution in [0.1, 0.15) is 11.1 Å². The molecule has 2 aromatic carbocycles. The lowest BCUT2D eigenvalue weighted by Crippen LogP contribution is -2.31. The number of carbonyl (C=O) groups is 2. The van der Waals surface area contributed by atoms with E-state index in [1.54, 1.807) is 6.07 Å². The van der Waals surface area contributed by atoms with Crippen molar-refractivity contribution in [3.8, 4) is 6.07 Å². The van der Waals surface area contributed by atoms with Gasteiger partial charge >= 0.3 is 0 Å². The summed E-state index contributed by atoms with van der Waals surface area (Å²) in [6, 6.07) is 14.9. The van der Waals surface area contributed by atoms with E-state index in [2.05, 4.69) is 0 Å². The van der Waals surface area contributed by atoms with Crippen LogP contribution in [-0.4, -0.2) is 17.1 Å². The highest BCUT2D eigenvalue weighted by atomic mass is 32.2. The Balaban J connectivity index is 2.03. The van der Waals surface area contributed by atoms with Crippen molar-refractivity contribution in [1.29, 1.82) is 5.26 Å². The van der Waals surface area contributed by atoms with Crippen LogP contribution in [-0.2, 0) is 16.0 Å². The molecule has 0 radical (unpaired) electrons. The summed E-state index contributed by atoms with van der Waals surface area (Å²) in [5, 5.41) is 9.01. The summed E-state index contributed by atoms with van der Waals surface area (Å²) in [5.74, 6) is -1.64. The SMILES string of the molecule is Cc1cccc(C[C@H]2S/C(=C(\C#N)C(N)=O)N(c3ccc(F)cc3)C2=O)c1. The molecule has 0 saturated carbocycles. The highest BCUT2D eigenvalue weighted by Crippen LogP contribution is 2.41. The van der Waals surface area contributed by atoms with Gasteiger partial charge in [-0.3, -0.25) is 14.5 Å². The molecule has 1 fully saturated rings. The van der Waals surface area contributed by atoms with Crippen LogP contribution in [0.15, 0.2) is 59.1 Å². The Kier molecular flexibility index (Phi) is 5.28. The van der Waals surface area contributed by atoms with Gasteiger partial charge in [-0.1, -0.05) is 41.6 Å². The van der Waals surface area contributed by atoms with Gasteiger partial charge in [-0.05, 0) is 43.2 Å². The number of carbonyl (C=O) groups excluding carboxylic acids is 2. The maximum Gasteiger partial charge on any atom is 0.262 e. The number of hydrogen-bond acceptors (Lipinski definition) is 4. The van der Waals surface area contributed by atoms with Gasteiger partial charge in [-0.15, -0.1) is 0 Å². The first-order valence-corrected chi connectivity index (χ1v) is 9.04. The van der Waals surface area contributed by atoms with Crippen molar-refractivity contribution in [1.82, 2.24) is 0 Å². The largest absolute Gasteiger partial charge is 0.365 e. The minimum absolute atomic E-state index is 0.180. The maximum atomic E-state index is 13.3. The summed E-state index contributed by atoms with van der Waals surface area (Å²) in [4.78, 5) is 26.0. The van der Waals surface area contributed by atoms with E-state index in [1.165, 1.54) is 29.2 Å². The minimum Gasteiger partial charge on any atom is -0.365 e. The first-order chi connectivity index (χ1) is 12.9. The summed E-state index contributed by atoms with van der Waals surface area (Å²) in [6.07, 6.45) is 0.434. The summed E-state index contributed by atoms with van der Waals surface area (Å²) in [6.45, 7) is 1.96. The van der Waals surface area contributed by atoms with E-state index >= 15 is 0 Å². The zero-order chi connectivity index (χ0) is 19.6. The Labute approximate surface area is 160 Å². The number of anilines is 1. The van der Waals surface area contributed by atoms with E-state index in [0.717, 1.165) is 22.9 Å². The van der Waals surface area contributed by atoms with Crippen molar-refractivity contribution in [2.45, 2.75) is 18.6 Å². The fraction of sp³-hybridized carbons (Fsp3) is 0.150. The molecule has 0 aromatic heterocycles. The molecule has 1 aliphatic heterocycles. The Morgan fingerprint density at radius 1 is 1.30 bits per heavy atom. The topological polar surface area (TPSA) is 87.2 Å². The van der Waals surface area contributed by atoms with Crippen LogP contribution in [0.4, 0.5) is 10.1 Å². The van der Waals surface area contributed by atoms with Gasteiger partial charge in [-0.2, -0.15) is 5.26 Å². The lowest BCUT2D eigenvalue weighted by Gasteiger charge is -2.18. The van der Waals surface area contributed by atoms with Crippen molar-refractivity contribution < 1.29 is 14.0 Å².